The average Bonchev–Trinajstić information content (AvgIpc) is 2.87. The van der Waals surface area contributed by atoms with Gasteiger partial charge in [-0.1, -0.05) is 17.7 Å². The molecule has 0 aliphatic heterocycles. The van der Waals surface area contributed by atoms with Gasteiger partial charge in [0.25, 0.3) is 0 Å². The van der Waals surface area contributed by atoms with E-state index in [9.17, 15) is 13.5 Å². The van der Waals surface area contributed by atoms with Crippen molar-refractivity contribution in [1.29, 1.82) is 0 Å². The Kier molecular flexibility index (Phi) is 5.28. The number of hydrogen-bond acceptors (Lipinski definition) is 3. The van der Waals surface area contributed by atoms with Gasteiger partial charge in [-0.25, -0.2) is 13.1 Å². The van der Waals surface area contributed by atoms with Gasteiger partial charge >= 0.3 is 0 Å². The van der Waals surface area contributed by atoms with Crippen LogP contribution in [0.1, 0.15) is 23.8 Å². The predicted octanol–water partition coefficient (Wildman–Crippen LogP) is 2.39. The molecule has 2 rings (SSSR count). The summed E-state index contributed by atoms with van der Waals surface area (Å²) in [5, 5.41) is 10.5. The predicted molar refractivity (Wildman–Crippen MR) is 86.4 cm³/mol. The first kappa shape index (κ1) is 17.0. The number of halogens is 1. The number of rotatable bonds is 6. The van der Waals surface area contributed by atoms with Crippen molar-refractivity contribution in [2.24, 2.45) is 7.05 Å². The van der Waals surface area contributed by atoms with E-state index in [0.717, 1.165) is 5.69 Å². The van der Waals surface area contributed by atoms with Gasteiger partial charge in [0.1, 0.15) is 0 Å². The molecule has 120 valence electrons. The second-order valence-corrected chi connectivity index (χ2v) is 7.25. The van der Waals surface area contributed by atoms with E-state index in [2.05, 4.69) is 4.72 Å². The molecule has 0 aliphatic rings. The fourth-order valence-corrected chi connectivity index (χ4v) is 3.80. The summed E-state index contributed by atoms with van der Waals surface area (Å²) in [6, 6.07) is 8.40. The molecule has 2 aromatic rings. The van der Waals surface area contributed by atoms with Crippen molar-refractivity contribution in [1.82, 2.24) is 9.29 Å². The van der Waals surface area contributed by atoms with Crippen molar-refractivity contribution < 1.29 is 13.5 Å². The average molecular weight is 343 g/mol. The third kappa shape index (κ3) is 3.70. The quantitative estimate of drug-likeness (QED) is 0.846. The van der Waals surface area contributed by atoms with E-state index in [-0.39, 0.29) is 17.9 Å². The standard InChI is InChI=1S/C15H19ClN2O3S/c1-11-12(16)5-3-7-15(11)22(20,21)17-9-8-14(19)13-6-4-10-18(13)2/h3-7,10,14,17,19H,8-9H2,1-2H3. The number of aromatic nitrogens is 1. The number of hydrogen-bond donors (Lipinski definition) is 2. The maximum absolute atomic E-state index is 12.3. The molecule has 1 aromatic carbocycles. The molecule has 1 aromatic heterocycles. The number of aryl methyl sites for hydroxylation is 1. The minimum atomic E-state index is -3.64. The molecular weight excluding hydrogens is 324 g/mol. The zero-order chi connectivity index (χ0) is 16.3. The van der Waals surface area contributed by atoms with Crippen LogP contribution >= 0.6 is 11.6 Å². The van der Waals surface area contributed by atoms with Gasteiger partial charge in [0.2, 0.25) is 10.0 Å². The Bertz CT molecular complexity index is 756. The van der Waals surface area contributed by atoms with E-state index < -0.39 is 16.1 Å². The molecule has 1 unspecified atom stereocenters. The second-order valence-electron chi connectivity index (χ2n) is 5.11. The van der Waals surface area contributed by atoms with Crippen molar-refractivity contribution in [3.8, 4) is 0 Å². The minimum absolute atomic E-state index is 0.140. The van der Waals surface area contributed by atoms with Gasteiger partial charge < -0.3 is 9.67 Å². The first-order chi connectivity index (χ1) is 10.3. The van der Waals surface area contributed by atoms with Gasteiger partial charge in [-0.05, 0) is 43.2 Å². The van der Waals surface area contributed by atoms with Gasteiger partial charge in [-0.3, -0.25) is 0 Å². The fraction of sp³-hybridized carbons (Fsp3) is 0.333. The van der Waals surface area contributed by atoms with Crippen molar-refractivity contribution >= 4 is 21.6 Å². The van der Waals surface area contributed by atoms with Gasteiger partial charge in [0, 0.05) is 30.5 Å². The molecule has 0 fully saturated rings. The van der Waals surface area contributed by atoms with E-state index >= 15 is 0 Å². The Morgan fingerprint density at radius 2 is 2.05 bits per heavy atom. The van der Waals surface area contributed by atoms with Gasteiger partial charge in [-0.15, -0.1) is 0 Å². The normalized spacial score (nSPS) is 13.3. The molecule has 2 N–H and O–H groups in total. The van der Waals surface area contributed by atoms with E-state index in [1.54, 1.807) is 29.7 Å². The van der Waals surface area contributed by atoms with Gasteiger partial charge in [0.05, 0.1) is 11.0 Å². The molecule has 1 atom stereocenters. The molecule has 0 aliphatic carbocycles. The molecule has 5 nitrogen and oxygen atoms in total. The first-order valence-electron chi connectivity index (χ1n) is 6.87. The lowest BCUT2D eigenvalue weighted by atomic mass is 10.2. The molecule has 7 heteroatoms. The van der Waals surface area contributed by atoms with E-state index in [4.69, 9.17) is 11.6 Å². The van der Waals surface area contributed by atoms with Crippen LogP contribution in [-0.4, -0.2) is 24.6 Å². The SMILES string of the molecule is Cc1c(Cl)cccc1S(=O)(=O)NCCC(O)c1cccn1C. The number of nitrogens with zero attached hydrogens (tertiary/aromatic N) is 1. The monoisotopic (exact) mass is 342 g/mol. The summed E-state index contributed by atoms with van der Waals surface area (Å²) < 4.78 is 28.9. The molecule has 0 saturated carbocycles. The Balaban J connectivity index is 2.02. The molecule has 0 saturated heterocycles. The van der Waals surface area contributed by atoms with Crippen molar-refractivity contribution in [3.05, 3.63) is 52.8 Å². The van der Waals surface area contributed by atoms with Crippen LogP contribution in [-0.2, 0) is 17.1 Å². The molecule has 22 heavy (non-hydrogen) atoms. The highest BCUT2D eigenvalue weighted by atomic mass is 35.5. The topological polar surface area (TPSA) is 71.3 Å². The lowest BCUT2D eigenvalue weighted by molar-refractivity contribution is 0.161. The number of nitrogens with one attached hydrogen (secondary N) is 1. The number of aliphatic hydroxyl groups is 1. The largest absolute Gasteiger partial charge is 0.387 e. The first-order valence-corrected chi connectivity index (χ1v) is 8.73. The molecule has 1 heterocycles. The lowest BCUT2D eigenvalue weighted by Crippen LogP contribution is -2.26. The third-order valence-corrected chi connectivity index (χ3v) is 5.56. The summed E-state index contributed by atoms with van der Waals surface area (Å²) in [5.41, 5.74) is 1.26. The Morgan fingerprint density at radius 1 is 1.32 bits per heavy atom. The number of benzene rings is 1. The van der Waals surface area contributed by atoms with Crippen LogP contribution < -0.4 is 4.72 Å². The summed E-state index contributed by atoms with van der Waals surface area (Å²) in [7, 11) is -1.81. The summed E-state index contributed by atoms with van der Waals surface area (Å²) in [6.07, 6.45) is 1.40. The number of sulfonamides is 1. The van der Waals surface area contributed by atoms with Crippen LogP contribution in [0.2, 0.25) is 5.02 Å². The van der Waals surface area contributed by atoms with Gasteiger partial charge in [-0.2, -0.15) is 0 Å². The fourth-order valence-electron chi connectivity index (χ4n) is 2.25. The lowest BCUT2D eigenvalue weighted by Gasteiger charge is -2.14. The van der Waals surface area contributed by atoms with Crippen LogP contribution in [0.15, 0.2) is 41.4 Å². The summed E-state index contributed by atoms with van der Waals surface area (Å²) in [6.45, 7) is 1.80. The molecule has 0 spiro atoms. The summed E-state index contributed by atoms with van der Waals surface area (Å²) in [4.78, 5) is 0.161. The van der Waals surface area contributed by atoms with Crippen LogP contribution in [0.4, 0.5) is 0 Å². The van der Waals surface area contributed by atoms with Crippen molar-refractivity contribution in [3.63, 3.8) is 0 Å². The molecule has 0 radical (unpaired) electrons. The van der Waals surface area contributed by atoms with Gasteiger partial charge in [0.15, 0.2) is 0 Å². The summed E-state index contributed by atoms with van der Waals surface area (Å²) >= 11 is 5.95. The highest BCUT2D eigenvalue weighted by Crippen LogP contribution is 2.23. The van der Waals surface area contributed by atoms with Crippen molar-refractivity contribution in [2.45, 2.75) is 24.3 Å². The molecule has 0 amide bonds. The molecular formula is C15H19ClN2O3S. The smallest absolute Gasteiger partial charge is 0.240 e. The maximum Gasteiger partial charge on any atom is 0.240 e. The third-order valence-electron chi connectivity index (χ3n) is 3.54. The summed E-state index contributed by atoms with van der Waals surface area (Å²) in [5.74, 6) is 0. The Hall–Kier alpha value is -1.34. The van der Waals surface area contributed by atoms with E-state index in [1.165, 1.54) is 6.07 Å². The highest BCUT2D eigenvalue weighted by molar-refractivity contribution is 7.89. The number of aliphatic hydroxyl groups excluding tert-OH is 1. The molecule has 0 bridgehead atoms. The Labute approximate surface area is 135 Å². The maximum atomic E-state index is 12.3. The second kappa shape index (κ2) is 6.83. The van der Waals surface area contributed by atoms with Crippen LogP contribution in [0.3, 0.4) is 0 Å². The highest BCUT2D eigenvalue weighted by Gasteiger charge is 2.18. The zero-order valence-electron chi connectivity index (χ0n) is 12.5. The van der Waals surface area contributed by atoms with E-state index in [0.29, 0.717) is 10.6 Å². The van der Waals surface area contributed by atoms with Crippen LogP contribution in [0, 0.1) is 6.92 Å². The minimum Gasteiger partial charge on any atom is -0.387 e. The van der Waals surface area contributed by atoms with Crippen LogP contribution in [0.25, 0.3) is 0 Å². The Morgan fingerprint density at radius 3 is 2.68 bits per heavy atom. The van der Waals surface area contributed by atoms with E-state index in [1.807, 2.05) is 19.3 Å². The zero-order valence-corrected chi connectivity index (χ0v) is 14.0. The van der Waals surface area contributed by atoms with Crippen molar-refractivity contribution in [2.75, 3.05) is 6.54 Å². The van der Waals surface area contributed by atoms with Crippen LogP contribution in [0.5, 0.6) is 0 Å².